The Labute approximate surface area is 86.4 Å². The maximum atomic E-state index is 10.5. The predicted octanol–water partition coefficient (Wildman–Crippen LogP) is 0.785. The molecule has 0 aliphatic heterocycles. The maximum Gasteiger partial charge on any atom is 0.283 e. The number of aliphatic hydroxyl groups excluding tert-OH is 1. The first-order chi connectivity index (χ1) is 7.04. The molecule has 5 heteroatoms. The molecule has 0 aliphatic rings. The number of carbonyl (C=O) groups excluding carboxylic acids is 1. The van der Waals surface area contributed by atoms with Crippen LogP contribution in [0.15, 0.2) is 24.0 Å². The highest BCUT2D eigenvalue weighted by Crippen LogP contribution is 2.26. The van der Waals surface area contributed by atoms with Crippen LogP contribution in [0.3, 0.4) is 0 Å². The molecule has 1 aromatic rings. The van der Waals surface area contributed by atoms with Gasteiger partial charge in [-0.1, -0.05) is 6.07 Å². The molecule has 0 unspecified atom stereocenters. The maximum absolute atomic E-state index is 10.5. The molecule has 4 N–H and O–H groups in total. The summed E-state index contributed by atoms with van der Waals surface area (Å²) in [7, 11) is 1.40. The zero-order chi connectivity index (χ0) is 11.4. The van der Waals surface area contributed by atoms with Crippen LogP contribution in [-0.4, -0.2) is 23.2 Å². The zero-order valence-electron chi connectivity index (χ0n) is 8.10. The quantitative estimate of drug-likeness (QED) is 0.506. The predicted molar refractivity (Wildman–Crippen MR) is 54.5 cm³/mol. The van der Waals surface area contributed by atoms with Gasteiger partial charge < -0.3 is 20.7 Å². The normalized spacial score (nSPS) is 11.1. The summed E-state index contributed by atoms with van der Waals surface area (Å²) in [4.78, 5) is 10.5. The van der Waals surface area contributed by atoms with E-state index in [0.29, 0.717) is 5.56 Å². The van der Waals surface area contributed by atoms with Crippen molar-refractivity contribution >= 4 is 12.0 Å². The van der Waals surface area contributed by atoms with Crippen molar-refractivity contribution in [2.45, 2.75) is 0 Å². The number of aromatic hydroxyl groups is 1. The van der Waals surface area contributed by atoms with Gasteiger partial charge in [-0.3, -0.25) is 4.79 Å². The largest absolute Gasteiger partial charge is 0.504 e. The van der Waals surface area contributed by atoms with E-state index in [1.165, 1.54) is 31.4 Å². The van der Waals surface area contributed by atoms with E-state index < -0.39 is 11.7 Å². The fraction of sp³-hybridized carbons (Fsp3) is 0.100. The molecule has 15 heavy (non-hydrogen) atoms. The molecule has 0 fully saturated rings. The Morgan fingerprint density at radius 1 is 1.53 bits per heavy atom. The number of ether oxygens (including phenoxy) is 1. The fourth-order valence-electron chi connectivity index (χ4n) is 1.01. The second kappa shape index (κ2) is 4.36. The standard InChI is InChI=1S/C10H11NO4/c1-15-9-5-6(2-3-7(9)12)4-8(13)10(11)14/h2-5,12-13H,1H3,(H2,11,14). The van der Waals surface area contributed by atoms with Crippen LogP contribution in [0.2, 0.25) is 0 Å². The Kier molecular flexibility index (Phi) is 3.17. The van der Waals surface area contributed by atoms with Gasteiger partial charge in [0.25, 0.3) is 5.91 Å². The molecule has 1 amide bonds. The van der Waals surface area contributed by atoms with Gasteiger partial charge in [-0.2, -0.15) is 0 Å². The minimum atomic E-state index is -0.915. The molecule has 0 heterocycles. The highest BCUT2D eigenvalue weighted by Gasteiger charge is 2.04. The molecule has 1 aromatic carbocycles. The van der Waals surface area contributed by atoms with Crippen molar-refractivity contribution in [2.75, 3.05) is 7.11 Å². The Morgan fingerprint density at radius 3 is 2.73 bits per heavy atom. The molecule has 80 valence electrons. The van der Waals surface area contributed by atoms with E-state index in [0.717, 1.165) is 0 Å². The third-order valence-electron chi connectivity index (χ3n) is 1.76. The van der Waals surface area contributed by atoms with Gasteiger partial charge >= 0.3 is 0 Å². The van der Waals surface area contributed by atoms with Crippen molar-refractivity contribution in [2.24, 2.45) is 5.73 Å². The molecule has 0 spiro atoms. The molecular weight excluding hydrogens is 198 g/mol. The van der Waals surface area contributed by atoms with Crippen LogP contribution < -0.4 is 10.5 Å². The van der Waals surface area contributed by atoms with Crippen LogP contribution >= 0.6 is 0 Å². The van der Waals surface area contributed by atoms with E-state index in [1.54, 1.807) is 0 Å². The minimum absolute atomic E-state index is 0.0202. The molecule has 0 aromatic heterocycles. The van der Waals surface area contributed by atoms with Crippen molar-refractivity contribution in [3.63, 3.8) is 0 Å². The Hall–Kier alpha value is -2.17. The monoisotopic (exact) mass is 209 g/mol. The number of amides is 1. The number of nitrogens with two attached hydrogens (primary N) is 1. The molecule has 0 radical (unpaired) electrons. The van der Waals surface area contributed by atoms with Gasteiger partial charge in [0.1, 0.15) is 0 Å². The van der Waals surface area contributed by atoms with E-state index in [-0.39, 0.29) is 11.5 Å². The number of carbonyl (C=O) groups is 1. The number of aliphatic hydroxyl groups is 1. The average molecular weight is 209 g/mol. The zero-order valence-corrected chi connectivity index (χ0v) is 8.10. The van der Waals surface area contributed by atoms with E-state index in [9.17, 15) is 9.90 Å². The lowest BCUT2D eigenvalue weighted by atomic mass is 10.2. The van der Waals surface area contributed by atoms with Crippen LogP contribution in [-0.2, 0) is 4.79 Å². The van der Waals surface area contributed by atoms with Crippen LogP contribution in [0.1, 0.15) is 5.56 Å². The van der Waals surface area contributed by atoms with E-state index >= 15 is 0 Å². The van der Waals surface area contributed by atoms with Gasteiger partial charge in [0.05, 0.1) is 7.11 Å². The van der Waals surface area contributed by atoms with Crippen molar-refractivity contribution in [3.8, 4) is 11.5 Å². The SMILES string of the molecule is COc1cc(C=C(O)C(N)=O)ccc1O. The van der Waals surface area contributed by atoms with Crippen LogP contribution in [0.25, 0.3) is 6.08 Å². The van der Waals surface area contributed by atoms with Crippen LogP contribution in [0, 0.1) is 0 Å². The van der Waals surface area contributed by atoms with Crippen molar-refractivity contribution in [1.82, 2.24) is 0 Å². The van der Waals surface area contributed by atoms with Gasteiger partial charge in [0, 0.05) is 0 Å². The first kappa shape index (κ1) is 10.9. The van der Waals surface area contributed by atoms with E-state index in [1.807, 2.05) is 0 Å². The molecular formula is C10H11NO4. The first-order valence-corrected chi connectivity index (χ1v) is 4.12. The Balaban J connectivity index is 3.07. The molecule has 0 atom stereocenters. The van der Waals surface area contributed by atoms with Gasteiger partial charge in [-0.15, -0.1) is 0 Å². The fourth-order valence-corrected chi connectivity index (χ4v) is 1.01. The summed E-state index contributed by atoms with van der Waals surface area (Å²) < 4.78 is 4.85. The summed E-state index contributed by atoms with van der Waals surface area (Å²) in [6.07, 6.45) is 1.18. The summed E-state index contributed by atoms with van der Waals surface area (Å²) in [5.74, 6) is -1.24. The van der Waals surface area contributed by atoms with Crippen molar-refractivity contribution in [1.29, 1.82) is 0 Å². The van der Waals surface area contributed by atoms with Gasteiger partial charge in [0.15, 0.2) is 17.3 Å². The number of hydrogen-bond donors (Lipinski definition) is 3. The van der Waals surface area contributed by atoms with E-state index in [2.05, 4.69) is 0 Å². The average Bonchev–Trinajstić information content (AvgIpc) is 2.20. The third kappa shape index (κ3) is 2.63. The second-order valence-corrected chi connectivity index (χ2v) is 2.83. The molecule has 0 aliphatic carbocycles. The van der Waals surface area contributed by atoms with E-state index in [4.69, 9.17) is 15.6 Å². The topological polar surface area (TPSA) is 92.8 Å². The number of rotatable bonds is 3. The smallest absolute Gasteiger partial charge is 0.283 e. The Morgan fingerprint density at radius 2 is 2.20 bits per heavy atom. The Bertz CT molecular complexity index is 412. The second-order valence-electron chi connectivity index (χ2n) is 2.83. The first-order valence-electron chi connectivity index (χ1n) is 4.12. The molecule has 0 saturated heterocycles. The van der Waals surface area contributed by atoms with Crippen molar-refractivity contribution < 1.29 is 19.7 Å². The minimum Gasteiger partial charge on any atom is -0.504 e. The molecule has 0 bridgehead atoms. The summed E-state index contributed by atoms with van der Waals surface area (Å²) in [6.45, 7) is 0. The van der Waals surface area contributed by atoms with Gasteiger partial charge in [0.2, 0.25) is 0 Å². The molecule has 0 saturated carbocycles. The molecule has 5 nitrogen and oxygen atoms in total. The summed E-state index contributed by atoms with van der Waals surface area (Å²) in [5, 5.41) is 18.4. The lowest BCUT2D eigenvalue weighted by Crippen LogP contribution is -2.12. The lowest BCUT2D eigenvalue weighted by molar-refractivity contribution is -0.116. The number of benzene rings is 1. The van der Waals surface area contributed by atoms with Gasteiger partial charge in [-0.25, -0.2) is 0 Å². The van der Waals surface area contributed by atoms with Crippen LogP contribution in [0.5, 0.6) is 11.5 Å². The number of phenols is 1. The lowest BCUT2D eigenvalue weighted by Gasteiger charge is -2.03. The number of primary amides is 1. The molecule has 1 rings (SSSR count). The van der Waals surface area contributed by atoms with Crippen LogP contribution in [0.4, 0.5) is 0 Å². The number of hydrogen-bond acceptors (Lipinski definition) is 4. The number of phenolic OH excluding ortho intramolecular Hbond substituents is 1. The highest BCUT2D eigenvalue weighted by atomic mass is 16.5. The van der Waals surface area contributed by atoms with Crippen molar-refractivity contribution in [3.05, 3.63) is 29.5 Å². The highest BCUT2D eigenvalue weighted by molar-refractivity contribution is 5.94. The number of methoxy groups -OCH3 is 1. The summed E-state index contributed by atoms with van der Waals surface area (Å²) >= 11 is 0. The summed E-state index contributed by atoms with van der Waals surface area (Å²) in [5.41, 5.74) is 5.35. The van der Waals surface area contributed by atoms with Gasteiger partial charge in [-0.05, 0) is 23.8 Å². The third-order valence-corrected chi connectivity index (χ3v) is 1.76. The summed E-state index contributed by atoms with van der Waals surface area (Å²) in [6, 6.07) is 4.37.